The largest absolute Gasteiger partial charge is 0.241 e. The molecule has 1 aromatic heterocycles. The predicted molar refractivity (Wildman–Crippen MR) is 97.4 cm³/mol. The molecule has 0 saturated heterocycles. The molecule has 120 valence electrons. The number of fused-ring (bicyclic) bond motifs is 1. The van der Waals surface area contributed by atoms with Gasteiger partial charge in [-0.25, -0.2) is 18.1 Å². The number of sulfonamides is 1. The van der Waals surface area contributed by atoms with Crippen molar-refractivity contribution in [1.29, 1.82) is 0 Å². The van der Waals surface area contributed by atoms with Gasteiger partial charge in [-0.05, 0) is 49.2 Å². The number of halogens is 1. The van der Waals surface area contributed by atoms with Gasteiger partial charge in [-0.1, -0.05) is 28.1 Å². The van der Waals surface area contributed by atoms with Gasteiger partial charge in [0.25, 0.3) is 0 Å². The number of hydrogen-bond donors (Lipinski definition) is 1. The number of benzene rings is 2. The molecule has 3 rings (SSSR count). The third-order valence-electron chi connectivity index (χ3n) is 3.40. The van der Waals surface area contributed by atoms with Crippen LogP contribution in [0.5, 0.6) is 0 Å². The first-order chi connectivity index (χ1) is 10.9. The lowest BCUT2D eigenvalue weighted by molar-refractivity contribution is 0.582. The van der Waals surface area contributed by atoms with E-state index in [-0.39, 0.29) is 4.90 Å². The van der Waals surface area contributed by atoms with E-state index in [4.69, 9.17) is 0 Å². The van der Waals surface area contributed by atoms with Gasteiger partial charge < -0.3 is 0 Å². The third kappa shape index (κ3) is 3.98. The molecule has 2 aromatic carbocycles. The van der Waals surface area contributed by atoms with E-state index >= 15 is 0 Å². The number of nitrogens with zero attached hydrogens (tertiary/aromatic N) is 1. The van der Waals surface area contributed by atoms with Gasteiger partial charge in [0.15, 0.2) is 0 Å². The van der Waals surface area contributed by atoms with Crippen molar-refractivity contribution < 1.29 is 8.42 Å². The molecule has 1 heterocycles. The molecule has 0 aliphatic carbocycles. The fourth-order valence-electron chi connectivity index (χ4n) is 2.25. The van der Waals surface area contributed by atoms with E-state index in [1.54, 1.807) is 23.5 Å². The minimum absolute atomic E-state index is 0.256. The molecule has 7 heteroatoms. The molecule has 23 heavy (non-hydrogen) atoms. The van der Waals surface area contributed by atoms with Crippen molar-refractivity contribution in [2.75, 3.05) is 6.54 Å². The maximum absolute atomic E-state index is 12.4. The summed E-state index contributed by atoms with van der Waals surface area (Å²) in [6, 6.07) is 12.9. The smallest absolute Gasteiger partial charge is 0.240 e. The lowest BCUT2D eigenvalue weighted by Gasteiger charge is -2.07. The summed E-state index contributed by atoms with van der Waals surface area (Å²) >= 11 is 4.94. The van der Waals surface area contributed by atoms with Crippen molar-refractivity contribution in [3.8, 4) is 0 Å². The maximum Gasteiger partial charge on any atom is 0.240 e. The second-order valence-electron chi connectivity index (χ2n) is 5.14. The second-order valence-corrected chi connectivity index (χ2v) is 9.05. The molecule has 0 spiro atoms. The monoisotopic (exact) mass is 410 g/mol. The molecular weight excluding hydrogens is 396 g/mol. The van der Waals surface area contributed by atoms with Crippen LogP contribution in [0.4, 0.5) is 0 Å². The van der Waals surface area contributed by atoms with E-state index in [0.29, 0.717) is 13.0 Å². The Hall–Kier alpha value is -1.28. The first kappa shape index (κ1) is 16.6. The zero-order valence-corrected chi connectivity index (χ0v) is 15.6. The van der Waals surface area contributed by atoms with Crippen LogP contribution in [0.3, 0.4) is 0 Å². The van der Waals surface area contributed by atoms with Gasteiger partial charge in [0.1, 0.15) is 0 Å². The van der Waals surface area contributed by atoms with Crippen molar-refractivity contribution in [3.05, 3.63) is 57.5 Å². The van der Waals surface area contributed by atoms with Crippen molar-refractivity contribution >= 4 is 47.5 Å². The van der Waals surface area contributed by atoms with Crippen LogP contribution >= 0.6 is 27.3 Å². The van der Waals surface area contributed by atoms with Gasteiger partial charge in [-0.3, -0.25) is 0 Å². The number of nitrogens with one attached hydrogen (secondary N) is 1. The topological polar surface area (TPSA) is 59.1 Å². The van der Waals surface area contributed by atoms with E-state index < -0.39 is 10.0 Å². The molecule has 0 fully saturated rings. The molecule has 3 aromatic rings. The third-order valence-corrected chi connectivity index (χ3v) is 6.33. The molecule has 0 aliphatic heterocycles. The molecule has 0 atom stereocenters. The fourth-order valence-corrected chi connectivity index (χ4v) is 4.38. The summed E-state index contributed by atoms with van der Waals surface area (Å²) in [6.45, 7) is 2.27. The van der Waals surface area contributed by atoms with E-state index in [0.717, 1.165) is 25.3 Å². The quantitative estimate of drug-likeness (QED) is 0.693. The second kappa shape index (κ2) is 6.68. The summed E-state index contributed by atoms with van der Waals surface area (Å²) in [5, 5.41) is 0.928. The molecule has 4 nitrogen and oxygen atoms in total. The van der Waals surface area contributed by atoms with E-state index in [9.17, 15) is 8.42 Å². The Kier molecular flexibility index (Phi) is 4.82. The molecular formula is C16H15BrN2O2S2. The standard InChI is InChI=1S/C16H15BrN2O2S2/c1-11-19-15-10-14(6-7-16(15)22-11)23(20,21)18-9-8-12-2-4-13(17)5-3-12/h2-7,10,18H,8-9H2,1H3. The van der Waals surface area contributed by atoms with Crippen molar-refractivity contribution in [3.63, 3.8) is 0 Å². The number of thiazole rings is 1. The van der Waals surface area contributed by atoms with Crippen molar-refractivity contribution in [2.45, 2.75) is 18.2 Å². The van der Waals surface area contributed by atoms with Crippen LogP contribution in [0.25, 0.3) is 10.2 Å². The Morgan fingerprint density at radius 2 is 1.91 bits per heavy atom. The molecule has 0 saturated carbocycles. The average molecular weight is 411 g/mol. The highest BCUT2D eigenvalue weighted by molar-refractivity contribution is 9.10. The van der Waals surface area contributed by atoms with Gasteiger partial charge in [-0.2, -0.15) is 0 Å². The maximum atomic E-state index is 12.4. The molecule has 0 bridgehead atoms. The van der Waals surface area contributed by atoms with Crippen LogP contribution in [-0.4, -0.2) is 19.9 Å². The summed E-state index contributed by atoms with van der Waals surface area (Å²) in [6.07, 6.45) is 0.643. The molecule has 0 unspecified atom stereocenters. The zero-order chi connectivity index (χ0) is 16.4. The van der Waals surface area contributed by atoms with Crippen LogP contribution in [0, 0.1) is 6.92 Å². The highest BCUT2D eigenvalue weighted by atomic mass is 79.9. The van der Waals surface area contributed by atoms with E-state index in [1.165, 1.54) is 0 Å². The van der Waals surface area contributed by atoms with Crippen LogP contribution < -0.4 is 4.72 Å². The molecule has 0 radical (unpaired) electrons. The van der Waals surface area contributed by atoms with Crippen LogP contribution in [-0.2, 0) is 16.4 Å². The number of aromatic nitrogens is 1. The minimum Gasteiger partial charge on any atom is -0.241 e. The zero-order valence-electron chi connectivity index (χ0n) is 12.4. The average Bonchev–Trinajstić information content (AvgIpc) is 2.88. The highest BCUT2D eigenvalue weighted by Crippen LogP contribution is 2.24. The van der Waals surface area contributed by atoms with Gasteiger partial charge in [0.2, 0.25) is 10.0 Å². The van der Waals surface area contributed by atoms with Crippen molar-refractivity contribution in [1.82, 2.24) is 9.71 Å². The summed E-state index contributed by atoms with van der Waals surface area (Å²) in [4.78, 5) is 4.60. The number of rotatable bonds is 5. The summed E-state index contributed by atoms with van der Waals surface area (Å²) in [5.74, 6) is 0. The highest BCUT2D eigenvalue weighted by Gasteiger charge is 2.15. The number of aryl methyl sites for hydroxylation is 1. The first-order valence-electron chi connectivity index (χ1n) is 7.05. The molecule has 1 N–H and O–H groups in total. The number of hydrogen-bond acceptors (Lipinski definition) is 4. The Morgan fingerprint density at radius 3 is 2.65 bits per heavy atom. The van der Waals surface area contributed by atoms with Gasteiger partial charge >= 0.3 is 0 Å². The van der Waals surface area contributed by atoms with Crippen LogP contribution in [0.1, 0.15) is 10.6 Å². The Bertz CT molecular complexity index is 934. The van der Waals surface area contributed by atoms with Gasteiger partial charge in [-0.15, -0.1) is 11.3 Å². The lowest BCUT2D eigenvalue weighted by Crippen LogP contribution is -2.25. The Morgan fingerprint density at radius 1 is 1.17 bits per heavy atom. The van der Waals surface area contributed by atoms with Gasteiger partial charge in [0.05, 0.1) is 20.1 Å². The normalized spacial score (nSPS) is 11.9. The SMILES string of the molecule is Cc1nc2cc(S(=O)(=O)NCCc3ccc(Br)cc3)ccc2s1. The van der Waals surface area contributed by atoms with E-state index in [2.05, 4.69) is 25.6 Å². The Balaban J connectivity index is 1.71. The van der Waals surface area contributed by atoms with Gasteiger partial charge in [0, 0.05) is 11.0 Å². The predicted octanol–water partition coefficient (Wildman–Crippen LogP) is 3.89. The summed E-state index contributed by atoms with van der Waals surface area (Å²) in [5.41, 5.74) is 1.81. The molecule has 0 amide bonds. The van der Waals surface area contributed by atoms with Crippen LogP contribution in [0.15, 0.2) is 51.8 Å². The summed E-state index contributed by atoms with van der Waals surface area (Å²) < 4.78 is 29.4. The van der Waals surface area contributed by atoms with Crippen molar-refractivity contribution in [2.24, 2.45) is 0 Å². The Labute approximate surface area is 147 Å². The minimum atomic E-state index is -3.52. The summed E-state index contributed by atoms with van der Waals surface area (Å²) in [7, 11) is -3.52. The fraction of sp³-hybridized carbons (Fsp3) is 0.188. The lowest BCUT2D eigenvalue weighted by atomic mass is 10.2. The first-order valence-corrected chi connectivity index (χ1v) is 10.1. The molecule has 0 aliphatic rings. The van der Waals surface area contributed by atoms with E-state index in [1.807, 2.05) is 37.3 Å². The van der Waals surface area contributed by atoms with Crippen LogP contribution in [0.2, 0.25) is 0 Å².